The van der Waals surface area contributed by atoms with E-state index in [1.165, 1.54) is 0 Å². The number of Topliss-reactive ketones (excluding diaryl/α,β-unsaturated/α-hetero) is 1. The third-order valence-corrected chi connectivity index (χ3v) is 9.19. The van der Waals surface area contributed by atoms with E-state index in [4.69, 9.17) is 50.0 Å². The molecule has 0 spiro atoms. The zero-order valence-corrected chi connectivity index (χ0v) is 24.8. The van der Waals surface area contributed by atoms with Crippen molar-refractivity contribution < 1.29 is 28.1 Å². The molecule has 2 unspecified atom stereocenters. The Labute approximate surface area is 253 Å². The minimum absolute atomic E-state index is 0.0323. The summed E-state index contributed by atoms with van der Waals surface area (Å²) in [6.45, 7) is -0.597. The average molecular weight is 636 g/mol. The van der Waals surface area contributed by atoms with E-state index in [2.05, 4.69) is 0 Å². The van der Waals surface area contributed by atoms with Gasteiger partial charge in [0, 0.05) is 11.8 Å². The van der Waals surface area contributed by atoms with E-state index in [-0.39, 0.29) is 24.1 Å². The van der Waals surface area contributed by atoms with Gasteiger partial charge < -0.3 is 15.2 Å². The molecule has 0 bridgehead atoms. The number of carbonyl (C=O) groups excluding carboxylic acids is 3. The van der Waals surface area contributed by atoms with Crippen LogP contribution in [0.5, 0.6) is 5.75 Å². The summed E-state index contributed by atoms with van der Waals surface area (Å²) in [5, 5.41) is -0.657. The van der Waals surface area contributed by atoms with Crippen LogP contribution in [-0.4, -0.2) is 55.0 Å². The Kier molecular flexibility index (Phi) is 8.46. The fourth-order valence-electron chi connectivity index (χ4n) is 5.22. The molecule has 2 heterocycles. The first-order valence-electron chi connectivity index (χ1n) is 12.6. The standard InChI is InChI=1S/C29H25Cl3N2O6S/c1-39-22-12-11-17(18-9-5-6-10-19(18)22)14-20-24(28(37)40-15-29(30,31)32)34-26(36)23(27(34)41(38)25(20)33)21(35)13-16-7-3-2-4-8-16/h2-12,23,25,27H,13-15,33H2,1H3/t23-,25?,27-,41?/m1/s1. The highest BCUT2D eigenvalue weighted by atomic mass is 35.6. The molecule has 2 aliphatic rings. The van der Waals surface area contributed by atoms with Crippen LogP contribution in [0.4, 0.5) is 0 Å². The number of rotatable bonds is 8. The van der Waals surface area contributed by atoms with Crippen molar-refractivity contribution in [1.82, 2.24) is 4.90 Å². The molecule has 2 aliphatic heterocycles. The molecule has 4 atom stereocenters. The molecule has 1 amide bonds. The van der Waals surface area contributed by atoms with Gasteiger partial charge in [-0.3, -0.25) is 18.7 Å². The molecule has 5 rings (SSSR count). The number of benzene rings is 3. The predicted octanol–water partition coefficient (Wildman–Crippen LogP) is 4.20. The maximum Gasteiger partial charge on any atom is 0.355 e. The summed E-state index contributed by atoms with van der Waals surface area (Å²) in [5.41, 5.74) is 7.99. The quantitative estimate of drug-likeness (QED) is 0.171. The molecule has 1 saturated heterocycles. The van der Waals surface area contributed by atoms with Crippen molar-refractivity contribution in [3.05, 3.63) is 89.1 Å². The van der Waals surface area contributed by atoms with Gasteiger partial charge in [-0.05, 0) is 34.6 Å². The van der Waals surface area contributed by atoms with Crippen molar-refractivity contribution in [2.45, 2.75) is 27.4 Å². The highest BCUT2D eigenvalue weighted by Crippen LogP contribution is 2.43. The normalized spacial score (nSPS) is 22.3. The summed E-state index contributed by atoms with van der Waals surface area (Å²) < 4.78 is 22.6. The van der Waals surface area contributed by atoms with Gasteiger partial charge in [0.2, 0.25) is 9.70 Å². The Bertz CT molecular complexity index is 1590. The Balaban J connectivity index is 1.55. The van der Waals surface area contributed by atoms with Crippen molar-refractivity contribution in [3.8, 4) is 5.75 Å². The maximum absolute atomic E-state index is 13.7. The number of methoxy groups -OCH3 is 1. The van der Waals surface area contributed by atoms with Crippen molar-refractivity contribution in [2.75, 3.05) is 13.7 Å². The van der Waals surface area contributed by atoms with Crippen molar-refractivity contribution >= 4 is 74.0 Å². The number of nitrogens with zero attached hydrogens (tertiary/aromatic N) is 1. The maximum atomic E-state index is 13.7. The second kappa shape index (κ2) is 11.7. The van der Waals surface area contributed by atoms with E-state index in [1.54, 1.807) is 37.4 Å². The number of carbonyl (C=O) groups is 3. The van der Waals surface area contributed by atoms with Gasteiger partial charge in [0.15, 0.2) is 5.78 Å². The lowest BCUT2D eigenvalue weighted by atomic mass is 9.87. The number of nitrogens with two attached hydrogens (primary N) is 1. The molecule has 3 aromatic rings. The molecule has 0 aliphatic carbocycles. The zero-order valence-electron chi connectivity index (χ0n) is 21.7. The average Bonchev–Trinajstić information content (AvgIpc) is 2.95. The molecule has 8 nitrogen and oxygen atoms in total. The molecule has 2 N–H and O–H groups in total. The summed E-state index contributed by atoms with van der Waals surface area (Å²) in [7, 11) is -0.347. The van der Waals surface area contributed by atoms with Gasteiger partial charge >= 0.3 is 5.97 Å². The smallest absolute Gasteiger partial charge is 0.355 e. The second-order valence-electron chi connectivity index (χ2n) is 9.67. The first kappa shape index (κ1) is 29.5. The molecule has 1 fully saturated rings. The monoisotopic (exact) mass is 634 g/mol. The number of β-lactam (4-membered cyclic amide) rings is 1. The summed E-state index contributed by atoms with van der Waals surface area (Å²) in [4.78, 5) is 41.2. The largest absolute Gasteiger partial charge is 0.496 e. The van der Waals surface area contributed by atoms with Gasteiger partial charge in [-0.15, -0.1) is 0 Å². The lowest BCUT2D eigenvalue weighted by molar-refractivity contribution is -0.158. The molecule has 0 saturated carbocycles. The lowest BCUT2D eigenvalue weighted by Gasteiger charge is -2.50. The number of alkyl halides is 3. The first-order chi connectivity index (χ1) is 19.5. The number of halogens is 3. The first-order valence-corrected chi connectivity index (χ1v) is 15.0. The number of esters is 1. The van der Waals surface area contributed by atoms with Crippen LogP contribution in [0, 0.1) is 5.92 Å². The fraction of sp³-hybridized carbons (Fsp3) is 0.276. The molecule has 3 aromatic carbocycles. The van der Waals surface area contributed by atoms with E-state index in [0.29, 0.717) is 11.3 Å². The Hall–Kier alpha value is -2.95. The Morgan fingerprint density at radius 1 is 1.00 bits per heavy atom. The van der Waals surface area contributed by atoms with Crippen LogP contribution < -0.4 is 10.5 Å². The van der Waals surface area contributed by atoms with Crippen LogP contribution in [0.2, 0.25) is 0 Å². The van der Waals surface area contributed by atoms with Crippen LogP contribution in [-0.2, 0) is 42.8 Å². The molecule has 214 valence electrons. The van der Waals surface area contributed by atoms with Crippen LogP contribution in [0.25, 0.3) is 10.8 Å². The van der Waals surface area contributed by atoms with Crippen LogP contribution in [0.15, 0.2) is 78.0 Å². The van der Waals surface area contributed by atoms with E-state index in [0.717, 1.165) is 21.2 Å². The number of hydrogen-bond acceptors (Lipinski definition) is 7. The Morgan fingerprint density at radius 3 is 2.32 bits per heavy atom. The van der Waals surface area contributed by atoms with E-state index in [1.807, 2.05) is 36.4 Å². The molecular weight excluding hydrogens is 611 g/mol. The molecule has 12 heteroatoms. The van der Waals surface area contributed by atoms with Gasteiger partial charge in [0.1, 0.15) is 34.7 Å². The molecular formula is C29H25Cl3N2O6S. The fourth-order valence-corrected chi connectivity index (χ4v) is 7.12. The molecule has 41 heavy (non-hydrogen) atoms. The summed E-state index contributed by atoms with van der Waals surface area (Å²) in [6, 6.07) is 20.0. The third kappa shape index (κ3) is 5.74. The lowest BCUT2D eigenvalue weighted by Crippen LogP contribution is -2.70. The molecule has 0 radical (unpaired) electrons. The summed E-state index contributed by atoms with van der Waals surface area (Å²) in [5.74, 6) is -2.62. The molecule has 0 aromatic heterocycles. The van der Waals surface area contributed by atoms with Gasteiger partial charge in [0.05, 0.1) is 17.9 Å². The second-order valence-corrected chi connectivity index (χ2v) is 13.8. The number of fused-ring (bicyclic) bond motifs is 2. The van der Waals surface area contributed by atoms with Gasteiger partial charge in [0.25, 0.3) is 0 Å². The SMILES string of the molecule is COc1ccc(CC2=C(C(=O)OCC(Cl)(Cl)Cl)N3C(=O)[C@@H](C(=O)Cc4ccccc4)[C@H]3S(=O)C2N)c2ccccc12. The zero-order chi connectivity index (χ0) is 29.5. The van der Waals surface area contributed by atoms with Crippen LogP contribution >= 0.6 is 34.8 Å². The van der Waals surface area contributed by atoms with Crippen molar-refractivity contribution in [2.24, 2.45) is 11.7 Å². The number of hydrogen-bond donors (Lipinski definition) is 1. The van der Waals surface area contributed by atoms with Gasteiger partial charge in [-0.1, -0.05) is 95.5 Å². The van der Waals surface area contributed by atoms with Crippen molar-refractivity contribution in [3.63, 3.8) is 0 Å². The minimum atomic E-state index is -1.91. The predicted molar refractivity (Wildman–Crippen MR) is 158 cm³/mol. The van der Waals surface area contributed by atoms with E-state index in [9.17, 15) is 18.6 Å². The number of amides is 1. The van der Waals surface area contributed by atoms with Gasteiger partial charge in [-0.2, -0.15) is 0 Å². The van der Waals surface area contributed by atoms with E-state index < -0.39 is 55.5 Å². The van der Waals surface area contributed by atoms with Gasteiger partial charge in [-0.25, -0.2) is 4.79 Å². The number of ketones is 1. The number of ether oxygens (including phenoxy) is 2. The Morgan fingerprint density at radius 2 is 1.66 bits per heavy atom. The topological polar surface area (TPSA) is 116 Å². The van der Waals surface area contributed by atoms with Crippen molar-refractivity contribution in [1.29, 1.82) is 0 Å². The summed E-state index contributed by atoms with van der Waals surface area (Å²) >= 11 is 17.4. The minimum Gasteiger partial charge on any atom is -0.496 e. The van der Waals surface area contributed by atoms with Crippen LogP contribution in [0.3, 0.4) is 0 Å². The highest BCUT2D eigenvalue weighted by molar-refractivity contribution is 7.86. The third-order valence-electron chi connectivity index (χ3n) is 7.12. The van der Waals surface area contributed by atoms with E-state index >= 15 is 0 Å². The van der Waals surface area contributed by atoms with Crippen LogP contribution in [0.1, 0.15) is 11.1 Å². The summed E-state index contributed by atoms with van der Waals surface area (Å²) in [6.07, 6.45) is 0.0320. The highest BCUT2D eigenvalue weighted by Gasteiger charge is 2.61.